The average Bonchev–Trinajstić information content (AvgIpc) is 3.41. The molecule has 3 aromatic rings. The fraction of sp³-hybridized carbons (Fsp3) is 0.158. The smallest absolute Gasteiger partial charge is 0.255 e. The average molecular weight is 412 g/mol. The standard InChI is InChI=1S/C19H17N5O2S2/c25-16(22-14-2-1-7-20-10-14)13-5-3-12(4-6-13)15-11-28-19(23-15)24-17(26)18-21-8-9-27-18/h1-7,10-11,18,21H,8-9H2,(H,22,25)(H,23,24,26)/t18-/m0/s1. The second-order valence-corrected chi connectivity index (χ2v) is 8.08. The summed E-state index contributed by atoms with van der Waals surface area (Å²) in [6.45, 7) is 0.840. The molecule has 0 saturated carbocycles. The summed E-state index contributed by atoms with van der Waals surface area (Å²) in [5.41, 5.74) is 2.82. The van der Waals surface area contributed by atoms with E-state index in [-0.39, 0.29) is 17.2 Å². The number of rotatable bonds is 5. The van der Waals surface area contributed by atoms with Crippen LogP contribution in [0.5, 0.6) is 0 Å². The Kier molecular flexibility index (Phi) is 5.65. The topological polar surface area (TPSA) is 96.0 Å². The molecular formula is C19H17N5O2S2. The molecule has 1 atom stereocenters. The fourth-order valence-corrected chi connectivity index (χ4v) is 4.30. The quantitative estimate of drug-likeness (QED) is 0.597. The second kappa shape index (κ2) is 8.51. The molecule has 3 heterocycles. The number of hydrogen-bond acceptors (Lipinski definition) is 7. The van der Waals surface area contributed by atoms with Crippen LogP contribution in [0.25, 0.3) is 11.3 Å². The highest BCUT2D eigenvalue weighted by Crippen LogP contribution is 2.26. The van der Waals surface area contributed by atoms with Gasteiger partial charge in [0.1, 0.15) is 5.37 Å². The molecule has 9 heteroatoms. The zero-order chi connectivity index (χ0) is 19.3. The molecule has 1 aliphatic heterocycles. The Hall–Kier alpha value is -2.75. The van der Waals surface area contributed by atoms with Crippen LogP contribution in [0.3, 0.4) is 0 Å². The molecule has 2 aromatic heterocycles. The van der Waals surface area contributed by atoms with Crippen LogP contribution in [0.15, 0.2) is 54.2 Å². The highest BCUT2D eigenvalue weighted by atomic mass is 32.2. The Balaban J connectivity index is 1.40. The van der Waals surface area contributed by atoms with Crippen LogP contribution >= 0.6 is 23.1 Å². The first kappa shape index (κ1) is 18.6. The second-order valence-electron chi connectivity index (χ2n) is 6.01. The van der Waals surface area contributed by atoms with Crippen LogP contribution in [-0.4, -0.2) is 39.5 Å². The van der Waals surface area contributed by atoms with Gasteiger partial charge in [-0.05, 0) is 24.3 Å². The van der Waals surface area contributed by atoms with Crippen molar-refractivity contribution in [2.24, 2.45) is 0 Å². The lowest BCUT2D eigenvalue weighted by Gasteiger charge is -2.07. The number of pyridine rings is 1. The number of benzene rings is 1. The lowest BCUT2D eigenvalue weighted by Crippen LogP contribution is -2.33. The fourth-order valence-electron chi connectivity index (χ4n) is 2.66. The molecule has 0 unspecified atom stereocenters. The van der Waals surface area contributed by atoms with Crippen LogP contribution < -0.4 is 16.0 Å². The van der Waals surface area contributed by atoms with Crippen LogP contribution in [0, 0.1) is 0 Å². The highest BCUT2D eigenvalue weighted by Gasteiger charge is 2.23. The summed E-state index contributed by atoms with van der Waals surface area (Å²) in [5, 5.41) is 11.0. The van der Waals surface area contributed by atoms with Gasteiger partial charge < -0.3 is 5.32 Å². The lowest BCUT2D eigenvalue weighted by atomic mass is 10.1. The third-order valence-corrected chi connectivity index (χ3v) is 5.96. The molecule has 0 aliphatic carbocycles. The van der Waals surface area contributed by atoms with Gasteiger partial charge in [0.25, 0.3) is 11.8 Å². The molecule has 0 radical (unpaired) electrons. The van der Waals surface area contributed by atoms with Crippen molar-refractivity contribution >= 4 is 45.7 Å². The minimum absolute atomic E-state index is 0.0779. The van der Waals surface area contributed by atoms with Gasteiger partial charge in [0.05, 0.1) is 17.6 Å². The van der Waals surface area contributed by atoms with E-state index in [1.165, 1.54) is 11.3 Å². The first-order valence-corrected chi connectivity index (χ1v) is 10.5. The van der Waals surface area contributed by atoms with Crippen LogP contribution in [-0.2, 0) is 4.79 Å². The van der Waals surface area contributed by atoms with Crippen molar-refractivity contribution in [3.63, 3.8) is 0 Å². The van der Waals surface area contributed by atoms with Gasteiger partial charge in [0.2, 0.25) is 0 Å². The zero-order valence-electron chi connectivity index (χ0n) is 14.7. The van der Waals surface area contributed by atoms with E-state index < -0.39 is 0 Å². The Labute approximate surface area is 170 Å². The molecule has 142 valence electrons. The molecule has 3 N–H and O–H groups in total. The number of thioether (sulfide) groups is 1. The summed E-state index contributed by atoms with van der Waals surface area (Å²) < 4.78 is 0. The molecule has 0 bridgehead atoms. The Morgan fingerprint density at radius 2 is 2.00 bits per heavy atom. The molecular weight excluding hydrogens is 394 g/mol. The van der Waals surface area contributed by atoms with Gasteiger partial charge in [-0.2, -0.15) is 0 Å². The van der Waals surface area contributed by atoms with Gasteiger partial charge in [-0.1, -0.05) is 12.1 Å². The molecule has 1 aliphatic rings. The van der Waals surface area contributed by atoms with Crippen molar-refractivity contribution < 1.29 is 9.59 Å². The number of nitrogens with one attached hydrogen (secondary N) is 3. The number of carbonyl (C=O) groups is 2. The van der Waals surface area contributed by atoms with Crippen molar-refractivity contribution in [3.8, 4) is 11.3 Å². The molecule has 1 saturated heterocycles. The summed E-state index contributed by atoms with van der Waals surface area (Å²) in [7, 11) is 0. The minimum atomic E-state index is -0.218. The molecule has 2 amide bonds. The zero-order valence-corrected chi connectivity index (χ0v) is 16.3. The predicted octanol–water partition coefficient (Wildman–Crippen LogP) is 3.06. The van der Waals surface area contributed by atoms with E-state index in [1.54, 1.807) is 48.4 Å². The summed E-state index contributed by atoms with van der Waals surface area (Å²) in [4.78, 5) is 32.9. The lowest BCUT2D eigenvalue weighted by molar-refractivity contribution is -0.116. The largest absolute Gasteiger partial charge is 0.321 e. The van der Waals surface area contributed by atoms with Crippen LogP contribution in [0.1, 0.15) is 10.4 Å². The Bertz CT molecular complexity index is 970. The van der Waals surface area contributed by atoms with E-state index in [0.29, 0.717) is 16.4 Å². The van der Waals surface area contributed by atoms with E-state index in [9.17, 15) is 9.59 Å². The van der Waals surface area contributed by atoms with Crippen molar-refractivity contribution in [1.29, 1.82) is 0 Å². The maximum absolute atomic E-state index is 12.3. The predicted molar refractivity (Wildman–Crippen MR) is 113 cm³/mol. The SMILES string of the molecule is O=C(Nc1cccnc1)c1ccc(-c2csc(NC(=O)[C@H]3NCCS3)n2)cc1. The van der Waals surface area contributed by atoms with Gasteiger partial charge in [0.15, 0.2) is 5.13 Å². The van der Waals surface area contributed by atoms with Crippen LogP contribution in [0.2, 0.25) is 0 Å². The Morgan fingerprint density at radius 3 is 2.71 bits per heavy atom. The maximum atomic E-state index is 12.3. The molecule has 4 rings (SSSR count). The van der Waals surface area contributed by atoms with Crippen molar-refractivity contribution in [2.45, 2.75) is 5.37 Å². The molecule has 1 fully saturated rings. The van der Waals surface area contributed by atoms with Crippen LogP contribution in [0.4, 0.5) is 10.8 Å². The van der Waals surface area contributed by atoms with Gasteiger partial charge in [-0.15, -0.1) is 23.1 Å². The van der Waals surface area contributed by atoms with E-state index in [0.717, 1.165) is 23.6 Å². The third-order valence-electron chi connectivity index (χ3n) is 4.05. The van der Waals surface area contributed by atoms with Crippen molar-refractivity contribution in [2.75, 3.05) is 22.9 Å². The molecule has 28 heavy (non-hydrogen) atoms. The molecule has 0 spiro atoms. The molecule has 1 aromatic carbocycles. The van der Waals surface area contributed by atoms with E-state index in [1.807, 2.05) is 17.5 Å². The number of carbonyl (C=O) groups excluding carboxylic acids is 2. The number of hydrogen-bond donors (Lipinski definition) is 3. The van der Waals surface area contributed by atoms with Gasteiger partial charge >= 0.3 is 0 Å². The Morgan fingerprint density at radius 1 is 1.14 bits per heavy atom. The van der Waals surface area contributed by atoms with Crippen molar-refractivity contribution in [3.05, 3.63) is 59.7 Å². The number of aromatic nitrogens is 2. The summed E-state index contributed by atoms with van der Waals surface area (Å²) in [6.07, 6.45) is 3.25. The first-order valence-electron chi connectivity index (χ1n) is 8.62. The minimum Gasteiger partial charge on any atom is -0.321 e. The number of anilines is 2. The number of amides is 2. The van der Waals surface area contributed by atoms with Crippen molar-refractivity contribution in [1.82, 2.24) is 15.3 Å². The number of nitrogens with zero attached hydrogens (tertiary/aromatic N) is 2. The highest BCUT2D eigenvalue weighted by molar-refractivity contribution is 8.00. The van der Waals surface area contributed by atoms with Gasteiger partial charge in [-0.3, -0.25) is 25.2 Å². The first-order chi connectivity index (χ1) is 13.7. The van der Waals surface area contributed by atoms with E-state index in [4.69, 9.17) is 0 Å². The van der Waals surface area contributed by atoms with E-state index >= 15 is 0 Å². The normalized spacial score (nSPS) is 15.9. The van der Waals surface area contributed by atoms with E-state index in [2.05, 4.69) is 25.9 Å². The van der Waals surface area contributed by atoms with Gasteiger partial charge in [-0.25, -0.2) is 4.98 Å². The third kappa shape index (κ3) is 4.38. The van der Waals surface area contributed by atoms with Gasteiger partial charge in [0, 0.05) is 35.0 Å². The summed E-state index contributed by atoms with van der Waals surface area (Å²) in [6, 6.07) is 10.7. The summed E-state index contributed by atoms with van der Waals surface area (Å²) in [5.74, 6) is 0.653. The number of thiazole rings is 1. The summed E-state index contributed by atoms with van der Waals surface area (Å²) >= 11 is 2.97. The molecule has 7 nitrogen and oxygen atoms in total. The monoisotopic (exact) mass is 411 g/mol. The maximum Gasteiger partial charge on any atom is 0.255 e.